The molecule has 2 aromatic carbocycles. The van der Waals surface area contributed by atoms with E-state index in [0.29, 0.717) is 23.3 Å². The molecule has 1 saturated carbocycles. The van der Waals surface area contributed by atoms with Crippen molar-refractivity contribution in [1.29, 1.82) is 0 Å². The third kappa shape index (κ3) is 3.57. The van der Waals surface area contributed by atoms with Crippen molar-refractivity contribution in [3.8, 4) is 0 Å². The minimum absolute atomic E-state index is 0.0534. The molecule has 0 radical (unpaired) electrons. The fourth-order valence-electron chi connectivity index (χ4n) is 3.77. The molecule has 0 amide bonds. The van der Waals surface area contributed by atoms with Crippen molar-refractivity contribution in [2.24, 2.45) is 17.8 Å². The highest BCUT2D eigenvalue weighted by Gasteiger charge is 2.33. The Morgan fingerprint density at radius 3 is 2.57 bits per heavy atom. The van der Waals surface area contributed by atoms with Gasteiger partial charge in [0.25, 0.3) is 0 Å². The summed E-state index contributed by atoms with van der Waals surface area (Å²) in [4.78, 5) is 12.6. The second-order valence-corrected chi connectivity index (χ2v) is 7.33. The van der Waals surface area contributed by atoms with E-state index in [4.69, 9.17) is 4.74 Å². The first-order chi connectivity index (χ1) is 11.0. The van der Waals surface area contributed by atoms with Gasteiger partial charge in [0.15, 0.2) is 0 Å². The van der Waals surface area contributed by atoms with Gasteiger partial charge in [0.1, 0.15) is 6.10 Å². The Bertz CT molecular complexity index is 689. The molecule has 0 unspecified atom stereocenters. The zero-order valence-corrected chi connectivity index (χ0v) is 14.3. The van der Waals surface area contributed by atoms with Crippen LogP contribution in [0.2, 0.25) is 0 Å². The van der Waals surface area contributed by atoms with E-state index in [9.17, 15) is 4.79 Å². The van der Waals surface area contributed by atoms with Crippen LogP contribution in [0.25, 0.3) is 10.8 Å². The van der Waals surface area contributed by atoms with Crippen LogP contribution in [0.4, 0.5) is 0 Å². The van der Waals surface area contributed by atoms with Gasteiger partial charge in [-0.3, -0.25) is 0 Å². The molecule has 2 aromatic rings. The summed E-state index contributed by atoms with van der Waals surface area (Å²) in [5.74, 6) is 1.49. The smallest absolute Gasteiger partial charge is 0.338 e. The second kappa shape index (κ2) is 6.74. The maximum atomic E-state index is 12.6. The first kappa shape index (κ1) is 16.0. The van der Waals surface area contributed by atoms with Gasteiger partial charge in [-0.1, -0.05) is 57.5 Å². The van der Waals surface area contributed by atoms with Crippen LogP contribution >= 0.6 is 0 Å². The zero-order valence-electron chi connectivity index (χ0n) is 14.3. The Morgan fingerprint density at radius 1 is 1.09 bits per heavy atom. The summed E-state index contributed by atoms with van der Waals surface area (Å²) in [7, 11) is 0. The number of esters is 1. The molecule has 0 aromatic heterocycles. The summed E-state index contributed by atoms with van der Waals surface area (Å²) < 4.78 is 5.93. The standard InChI is InChI=1S/C21H26O2/c1-14(2)19-11-8-15(3)12-20(19)23-21(22)18-10-9-16-6-4-5-7-17(16)13-18/h4-7,9-10,13-15,19-20H,8,11-12H2,1-3H3/t15-,19+,20-/m1/s1. The fourth-order valence-corrected chi connectivity index (χ4v) is 3.77. The van der Waals surface area contributed by atoms with Crippen LogP contribution in [0.1, 0.15) is 50.4 Å². The van der Waals surface area contributed by atoms with Gasteiger partial charge in [0.05, 0.1) is 5.56 Å². The van der Waals surface area contributed by atoms with Crippen molar-refractivity contribution in [2.45, 2.75) is 46.1 Å². The van der Waals surface area contributed by atoms with Crippen LogP contribution in [0.5, 0.6) is 0 Å². The van der Waals surface area contributed by atoms with E-state index in [1.807, 2.05) is 36.4 Å². The monoisotopic (exact) mass is 310 g/mol. The average Bonchev–Trinajstić information content (AvgIpc) is 2.54. The Morgan fingerprint density at radius 2 is 1.83 bits per heavy atom. The molecule has 0 aliphatic heterocycles. The van der Waals surface area contributed by atoms with Crippen molar-refractivity contribution < 1.29 is 9.53 Å². The first-order valence-corrected chi connectivity index (χ1v) is 8.74. The third-order valence-corrected chi connectivity index (χ3v) is 5.20. The van der Waals surface area contributed by atoms with E-state index in [1.165, 1.54) is 6.42 Å². The lowest BCUT2D eigenvalue weighted by atomic mass is 9.75. The molecule has 0 spiro atoms. The minimum Gasteiger partial charge on any atom is -0.458 e. The molecule has 23 heavy (non-hydrogen) atoms. The Balaban J connectivity index is 1.78. The number of fused-ring (bicyclic) bond motifs is 1. The van der Waals surface area contributed by atoms with Crippen LogP contribution in [0, 0.1) is 17.8 Å². The number of hydrogen-bond acceptors (Lipinski definition) is 2. The molecule has 0 N–H and O–H groups in total. The molecular formula is C21H26O2. The van der Waals surface area contributed by atoms with Crippen LogP contribution in [0.15, 0.2) is 42.5 Å². The highest BCUT2D eigenvalue weighted by molar-refractivity contribution is 5.95. The summed E-state index contributed by atoms with van der Waals surface area (Å²) in [6.45, 7) is 6.72. The molecule has 122 valence electrons. The van der Waals surface area contributed by atoms with Gasteiger partial charge < -0.3 is 4.74 Å². The van der Waals surface area contributed by atoms with E-state index in [-0.39, 0.29) is 12.1 Å². The molecule has 0 bridgehead atoms. The maximum absolute atomic E-state index is 12.6. The van der Waals surface area contributed by atoms with Crippen LogP contribution in [-0.2, 0) is 4.74 Å². The van der Waals surface area contributed by atoms with Crippen molar-refractivity contribution in [3.63, 3.8) is 0 Å². The van der Waals surface area contributed by atoms with Gasteiger partial charge in [-0.2, -0.15) is 0 Å². The molecule has 0 saturated heterocycles. The summed E-state index contributed by atoms with van der Waals surface area (Å²) in [5, 5.41) is 2.23. The van der Waals surface area contributed by atoms with E-state index in [2.05, 4.69) is 26.8 Å². The van der Waals surface area contributed by atoms with Crippen LogP contribution < -0.4 is 0 Å². The number of carbonyl (C=O) groups is 1. The van der Waals surface area contributed by atoms with Crippen molar-refractivity contribution in [2.75, 3.05) is 0 Å². The second-order valence-electron chi connectivity index (χ2n) is 7.33. The van der Waals surface area contributed by atoms with E-state index < -0.39 is 0 Å². The van der Waals surface area contributed by atoms with Crippen molar-refractivity contribution in [3.05, 3.63) is 48.0 Å². The molecule has 3 atom stereocenters. The summed E-state index contributed by atoms with van der Waals surface area (Å²) in [6.07, 6.45) is 3.45. The Hall–Kier alpha value is -1.83. The first-order valence-electron chi connectivity index (χ1n) is 8.74. The predicted molar refractivity (Wildman–Crippen MR) is 94.5 cm³/mol. The molecular weight excluding hydrogens is 284 g/mol. The van der Waals surface area contributed by atoms with E-state index in [1.54, 1.807) is 0 Å². The van der Waals surface area contributed by atoms with Crippen LogP contribution in [0.3, 0.4) is 0 Å². The number of rotatable bonds is 3. The van der Waals surface area contributed by atoms with Gasteiger partial charge in [0, 0.05) is 0 Å². The minimum atomic E-state index is -0.180. The van der Waals surface area contributed by atoms with Crippen LogP contribution in [-0.4, -0.2) is 12.1 Å². The SMILES string of the molecule is CC(C)[C@@H]1CC[C@@H](C)C[C@H]1OC(=O)c1ccc2ccccc2c1. The highest BCUT2D eigenvalue weighted by atomic mass is 16.5. The van der Waals surface area contributed by atoms with Crippen molar-refractivity contribution in [1.82, 2.24) is 0 Å². The highest BCUT2D eigenvalue weighted by Crippen LogP contribution is 2.35. The van der Waals surface area contributed by atoms with Gasteiger partial charge in [-0.15, -0.1) is 0 Å². The lowest BCUT2D eigenvalue weighted by Crippen LogP contribution is -2.35. The molecule has 1 aliphatic carbocycles. The summed E-state index contributed by atoms with van der Waals surface area (Å²) >= 11 is 0. The number of hydrogen-bond donors (Lipinski definition) is 0. The normalized spacial score (nSPS) is 24.8. The van der Waals surface area contributed by atoms with Gasteiger partial charge >= 0.3 is 5.97 Å². The fraction of sp³-hybridized carbons (Fsp3) is 0.476. The number of carbonyl (C=O) groups excluding carboxylic acids is 1. The average molecular weight is 310 g/mol. The molecule has 1 fully saturated rings. The summed E-state index contributed by atoms with van der Waals surface area (Å²) in [5.41, 5.74) is 0.657. The molecule has 1 aliphatic rings. The van der Waals surface area contributed by atoms with E-state index >= 15 is 0 Å². The largest absolute Gasteiger partial charge is 0.458 e. The molecule has 3 rings (SSSR count). The third-order valence-electron chi connectivity index (χ3n) is 5.20. The predicted octanol–water partition coefficient (Wildman–Crippen LogP) is 5.46. The maximum Gasteiger partial charge on any atom is 0.338 e. The topological polar surface area (TPSA) is 26.3 Å². The molecule has 0 heterocycles. The Kier molecular flexibility index (Phi) is 4.70. The quantitative estimate of drug-likeness (QED) is 0.704. The van der Waals surface area contributed by atoms with Gasteiger partial charge in [-0.05, 0) is 53.5 Å². The number of ether oxygens (including phenoxy) is 1. The van der Waals surface area contributed by atoms with Gasteiger partial charge in [-0.25, -0.2) is 4.79 Å². The summed E-state index contributed by atoms with van der Waals surface area (Å²) in [6, 6.07) is 13.9. The lowest BCUT2D eigenvalue weighted by molar-refractivity contribution is -0.0173. The lowest BCUT2D eigenvalue weighted by Gasteiger charge is -2.36. The molecule has 2 heteroatoms. The molecule has 2 nitrogen and oxygen atoms in total. The zero-order chi connectivity index (χ0) is 16.4. The van der Waals surface area contributed by atoms with Crippen molar-refractivity contribution >= 4 is 16.7 Å². The van der Waals surface area contributed by atoms with E-state index in [0.717, 1.165) is 23.6 Å². The van der Waals surface area contributed by atoms with Gasteiger partial charge in [0.2, 0.25) is 0 Å². The number of benzene rings is 2. The Labute approximate surface area is 138 Å².